The average Bonchev–Trinajstić information content (AvgIpc) is 2.64. The maximum Gasteiger partial charge on any atom is 0.344 e. The van der Waals surface area contributed by atoms with Crippen LogP contribution in [0.4, 0.5) is 4.79 Å². The van der Waals surface area contributed by atoms with Gasteiger partial charge in [0, 0.05) is 0 Å². The molecule has 7 heteroatoms. The predicted molar refractivity (Wildman–Crippen MR) is 79.2 cm³/mol. The monoisotopic (exact) mass is 298 g/mol. The molecule has 0 radical (unpaired) electrons. The maximum atomic E-state index is 12.2. The largest absolute Gasteiger partial charge is 0.344 e. The smallest absolute Gasteiger partial charge is 0.322 e. The Bertz CT molecular complexity index is 407. The number of amides is 4. The van der Waals surface area contributed by atoms with Crippen molar-refractivity contribution in [1.82, 2.24) is 20.7 Å². The number of hydrogen-bond donors (Lipinski definition) is 2. The number of nitrogens with one attached hydrogen (secondary N) is 2. The molecule has 1 atom stereocenters. The predicted octanol–water partition coefficient (Wildman–Crippen LogP) is 0.860. The van der Waals surface area contributed by atoms with Gasteiger partial charge in [0.1, 0.15) is 5.54 Å². The summed E-state index contributed by atoms with van der Waals surface area (Å²) in [5.41, 5.74) is 1.47. The van der Waals surface area contributed by atoms with Gasteiger partial charge in [0.2, 0.25) is 0 Å². The van der Waals surface area contributed by atoms with Crippen molar-refractivity contribution in [2.75, 3.05) is 19.6 Å². The summed E-state index contributed by atoms with van der Waals surface area (Å²) < 4.78 is 0. The van der Waals surface area contributed by atoms with E-state index < -0.39 is 17.5 Å². The third kappa shape index (κ3) is 4.17. The second kappa shape index (κ2) is 7.40. The summed E-state index contributed by atoms with van der Waals surface area (Å²) in [6.45, 7) is 9.37. The minimum absolute atomic E-state index is 0.182. The number of rotatable bonds is 8. The molecule has 2 N–H and O–H groups in total. The number of imide groups is 1. The SMILES string of the molecule is CCCN(CCC)CC(=O)NN1C(=O)NC(C)(CC)C1=O. The van der Waals surface area contributed by atoms with E-state index in [1.165, 1.54) is 0 Å². The van der Waals surface area contributed by atoms with E-state index in [0.29, 0.717) is 6.42 Å². The van der Waals surface area contributed by atoms with Crippen molar-refractivity contribution < 1.29 is 14.4 Å². The Kier molecular flexibility index (Phi) is 6.14. The molecule has 4 amide bonds. The van der Waals surface area contributed by atoms with E-state index >= 15 is 0 Å². The van der Waals surface area contributed by atoms with Gasteiger partial charge in [-0.15, -0.1) is 0 Å². The first-order valence-corrected chi connectivity index (χ1v) is 7.56. The molecule has 1 fully saturated rings. The molecule has 21 heavy (non-hydrogen) atoms. The van der Waals surface area contributed by atoms with Crippen LogP contribution in [-0.2, 0) is 9.59 Å². The van der Waals surface area contributed by atoms with E-state index in [9.17, 15) is 14.4 Å². The fraction of sp³-hybridized carbons (Fsp3) is 0.786. The van der Waals surface area contributed by atoms with Crippen LogP contribution in [0, 0.1) is 0 Å². The van der Waals surface area contributed by atoms with Gasteiger partial charge in [-0.3, -0.25) is 19.9 Å². The lowest BCUT2D eigenvalue weighted by Gasteiger charge is -2.22. The number of nitrogens with zero attached hydrogens (tertiary/aromatic N) is 2. The molecule has 7 nitrogen and oxygen atoms in total. The second-order valence-corrected chi connectivity index (χ2v) is 5.57. The first-order valence-electron chi connectivity index (χ1n) is 7.56. The lowest BCUT2D eigenvalue weighted by atomic mass is 10.00. The molecule has 1 heterocycles. The van der Waals surface area contributed by atoms with E-state index in [1.54, 1.807) is 6.92 Å². The molecular weight excluding hydrogens is 272 g/mol. The molecule has 0 aliphatic carbocycles. The molecule has 0 spiro atoms. The first-order chi connectivity index (χ1) is 9.87. The zero-order valence-corrected chi connectivity index (χ0v) is 13.4. The molecule has 1 unspecified atom stereocenters. The number of hydrogen-bond acceptors (Lipinski definition) is 4. The zero-order valence-electron chi connectivity index (χ0n) is 13.4. The molecule has 1 aliphatic rings. The Morgan fingerprint density at radius 2 is 1.81 bits per heavy atom. The lowest BCUT2D eigenvalue weighted by molar-refractivity contribution is -0.139. The molecule has 0 aromatic heterocycles. The quantitative estimate of drug-likeness (QED) is 0.651. The molecule has 0 aromatic rings. The van der Waals surface area contributed by atoms with Gasteiger partial charge in [-0.05, 0) is 39.3 Å². The molecule has 1 rings (SSSR count). The number of urea groups is 1. The van der Waals surface area contributed by atoms with Crippen LogP contribution < -0.4 is 10.7 Å². The summed E-state index contributed by atoms with van der Waals surface area (Å²) in [6.07, 6.45) is 2.37. The third-order valence-corrected chi connectivity index (χ3v) is 3.65. The normalized spacial score (nSPS) is 21.9. The van der Waals surface area contributed by atoms with Gasteiger partial charge in [0.25, 0.3) is 11.8 Å². The highest BCUT2D eigenvalue weighted by Crippen LogP contribution is 2.19. The second-order valence-electron chi connectivity index (χ2n) is 5.57. The van der Waals surface area contributed by atoms with Crippen LogP contribution in [0.5, 0.6) is 0 Å². The topological polar surface area (TPSA) is 81.8 Å². The van der Waals surface area contributed by atoms with Gasteiger partial charge in [0.05, 0.1) is 6.54 Å². The fourth-order valence-corrected chi connectivity index (χ4v) is 2.29. The van der Waals surface area contributed by atoms with Crippen LogP contribution in [0.3, 0.4) is 0 Å². The maximum absolute atomic E-state index is 12.2. The number of carbonyl (C=O) groups is 3. The molecule has 120 valence electrons. The number of carbonyl (C=O) groups excluding carboxylic acids is 3. The zero-order chi connectivity index (χ0) is 16.0. The minimum Gasteiger partial charge on any atom is -0.322 e. The van der Waals surface area contributed by atoms with Crippen molar-refractivity contribution in [2.45, 2.75) is 52.5 Å². The van der Waals surface area contributed by atoms with Crippen molar-refractivity contribution in [3.8, 4) is 0 Å². The summed E-state index contributed by atoms with van der Waals surface area (Å²) in [6, 6.07) is -0.574. The highest BCUT2D eigenvalue weighted by atomic mass is 16.2. The van der Waals surface area contributed by atoms with E-state index in [2.05, 4.69) is 10.7 Å². The van der Waals surface area contributed by atoms with Gasteiger partial charge in [-0.1, -0.05) is 20.8 Å². The summed E-state index contributed by atoms with van der Waals surface area (Å²) in [5, 5.41) is 3.39. The van der Waals surface area contributed by atoms with Crippen molar-refractivity contribution in [1.29, 1.82) is 0 Å². The van der Waals surface area contributed by atoms with Crippen LogP contribution in [0.15, 0.2) is 0 Å². The minimum atomic E-state index is -0.934. The van der Waals surface area contributed by atoms with Crippen molar-refractivity contribution in [3.05, 3.63) is 0 Å². The van der Waals surface area contributed by atoms with Crippen LogP contribution in [-0.4, -0.2) is 52.9 Å². The van der Waals surface area contributed by atoms with Crippen molar-refractivity contribution in [2.24, 2.45) is 0 Å². The summed E-state index contributed by atoms with van der Waals surface area (Å²) in [7, 11) is 0. The standard InChI is InChI=1S/C14H26N4O3/c1-5-8-17(9-6-2)10-11(19)16-18-12(20)14(4,7-3)15-13(18)21/h5-10H2,1-4H3,(H,15,21)(H,16,19). The fourth-order valence-electron chi connectivity index (χ4n) is 2.29. The van der Waals surface area contributed by atoms with E-state index in [0.717, 1.165) is 30.9 Å². The Labute approximate surface area is 126 Å². The van der Waals surface area contributed by atoms with Gasteiger partial charge < -0.3 is 5.32 Å². The summed E-state index contributed by atoms with van der Waals surface area (Å²) in [4.78, 5) is 38.0. The summed E-state index contributed by atoms with van der Waals surface area (Å²) >= 11 is 0. The molecule has 0 saturated carbocycles. The van der Waals surface area contributed by atoms with Gasteiger partial charge in [0.15, 0.2) is 0 Å². The van der Waals surface area contributed by atoms with E-state index in [4.69, 9.17) is 0 Å². The first kappa shape index (κ1) is 17.4. The van der Waals surface area contributed by atoms with Crippen LogP contribution in [0.2, 0.25) is 0 Å². The molecule has 0 aromatic carbocycles. The Hall–Kier alpha value is -1.63. The molecule has 1 saturated heterocycles. The Morgan fingerprint density at radius 1 is 1.24 bits per heavy atom. The lowest BCUT2D eigenvalue weighted by Crippen LogP contribution is -2.51. The van der Waals surface area contributed by atoms with E-state index in [1.807, 2.05) is 25.7 Å². The van der Waals surface area contributed by atoms with Crippen LogP contribution in [0.25, 0.3) is 0 Å². The van der Waals surface area contributed by atoms with Gasteiger partial charge in [-0.2, -0.15) is 5.01 Å². The van der Waals surface area contributed by atoms with Gasteiger partial charge >= 0.3 is 6.03 Å². The average molecular weight is 298 g/mol. The van der Waals surface area contributed by atoms with E-state index in [-0.39, 0.29) is 12.5 Å². The number of hydrazine groups is 1. The summed E-state index contributed by atoms with van der Waals surface area (Å²) in [5.74, 6) is -0.762. The highest BCUT2D eigenvalue weighted by molar-refractivity contribution is 6.07. The van der Waals surface area contributed by atoms with Crippen molar-refractivity contribution in [3.63, 3.8) is 0 Å². The Balaban J connectivity index is 2.62. The molecule has 0 bridgehead atoms. The van der Waals surface area contributed by atoms with Crippen molar-refractivity contribution >= 4 is 17.8 Å². The highest BCUT2D eigenvalue weighted by Gasteiger charge is 2.47. The van der Waals surface area contributed by atoms with Crippen LogP contribution >= 0.6 is 0 Å². The Morgan fingerprint density at radius 3 is 2.24 bits per heavy atom. The molecule has 1 aliphatic heterocycles. The third-order valence-electron chi connectivity index (χ3n) is 3.65. The van der Waals surface area contributed by atoms with Crippen LogP contribution in [0.1, 0.15) is 47.0 Å². The molecular formula is C14H26N4O3. The van der Waals surface area contributed by atoms with Gasteiger partial charge in [-0.25, -0.2) is 4.79 Å².